The third-order valence-corrected chi connectivity index (χ3v) is 9.39. The first-order chi connectivity index (χ1) is 24.0. The number of alkyl halides is 3. The van der Waals surface area contributed by atoms with Crippen LogP contribution in [0, 0.1) is 5.41 Å². The molecule has 1 amide bonds. The summed E-state index contributed by atoms with van der Waals surface area (Å²) in [5, 5.41) is 13.7. The Morgan fingerprint density at radius 2 is 1.60 bits per heavy atom. The Balaban J connectivity index is 1.19. The van der Waals surface area contributed by atoms with Crippen molar-refractivity contribution in [2.75, 3.05) is 19.8 Å². The van der Waals surface area contributed by atoms with Crippen molar-refractivity contribution in [3.63, 3.8) is 0 Å². The van der Waals surface area contributed by atoms with E-state index < -0.39 is 72.3 Å². The first kappa shape index (κ1) is 33.9. The van der Waals surface area contributed by atoms with Crippen LogP contribution in [-0.4, -0.2) is 84.4 Å². The number of rotatable bonds is 10. The fraction of sp³-hybridized carbons (Fsp3) is 0.361. The lowest BCUT2D eigenvalue weighted by atomic mass is 9.62. The minimum atomic E-state index is -4.63. The van der Waals surface area contributed by atoms with Crippen molar-refractivity contribution >= 4 is 23.9 Å². The zero-order chi connectivity index (χ0) is 35.1. The van der Waals surface area contributed by atoms with E-state index in [-0.39, 0.29) is 26.1 Å². The quantitative estimate of drug-likeness (QED) is 0.241. The fourth-order valence-electron chi connectivity index (χ4n) is 7.30. The van der Waals surface area contributed by atoms with E-state index in [1.807, 2.05) is 60.7 Å². The molecule has 4 aliphatic rings. The number of halogens is 3. The first-order valence-corrected chi connectivity index (χ1v) is 16.0. The van der Waals surface area contributed by atoms with Crippen LogP contribution in [0.2, 0.25) is 0 Å². The van der Waals surface area contributed by atoms with Gasteiger partial charge < -0.3 is 29.4 Å². The lowest BCUT2D eigenvalue weighted by Gasteiger charge is -2.48. The molecule has 3 aromatic rings. The van der Waals surface area contributed by atoms with Crippen LogP contribution in [0.5, 0.6) is 0 Å². The molecule has 262 valence electrons. The Morgan fingerprint density at radius 1 is 0.960 bits per heavy atom. The molecule has 3 aliphatic heterocycles. The number of fused-ring (bicyclic) bond motifs is 4. The lowest BCUT2D eigenvalue weighted by molar-refractivity contribution is -0.213. The van der Waals surface area contributed by atoms with Gasteiger partial charge in [-0.1, -0.05) is 84.9 Å². The highest BCUT2D eigenvalue weighted by Gasteiger charge is 2.76. The molecule has 1 aliphatic carbocycles. The highest BCUT2D eigenvalue weighted by molar-refractivity contribution is 5.93. The number of nitrogens with zero attached hydrogens (tertiary/aromatic N) is 1. The maximum Gasteiger partial charge on any atom is 0.422 e. The van der Waals surface area contributed by atoms with Crippen LogP contribution in [0.25, 0.3) is 6.08 Å². The van der Waals surface area contributed by atoms with E-state index in [2.05, 4.69) is 10.1 Å². The molecule has 0 aromatic heterocycles. The first-order valence-electron chi connectivity index (χ1n) is 16.0. The molecular formula is C36H33F3N2O9. The van der Waals surface area contributed by atoms with Gasteiger partial charge in [0.1, 0.15) is 29.8 Å². The predicted octanol–water partition coefficient (Wildman–Crippen LogP) is 3.40. The Labute approximate surface area is 284 Å². The Bertz CT molecular complexity index is 1720. The van der Waals surface area contributed by atoms with Crippen molar-refractivity contribution in [2.24, 2.45) is 5.41 Å². The highest BCUT2D eigenvalue weighted by atomic mass is 19.4. The molecule has 1 saturated carbocycles. The van der Waals surface area contributed by atoms with Gasteiger partial charge in [0.25, 0.3) is 0 Å². The molecule has 11 nitrogen and oxygen atoms in total. The van der Waals surface area contributed by atoms with Crippen molar-refractivity contribution in [1.29, 1.82) is 0 Å². The summed E-state index contributed by atoms with van der Waals surface area (Å²) in [7, 11) is 0. The van der Waals surface area contributed by atoms with Crippen LogP contribution in [0.4, 0.5) is 13.2 Å². The molecule has 0 unspecified atom stereocenters. The van der Waals surface area contributed by atoms with Crippen LogP contribution in [0.1, 0.15) is 28.7 Å². The number of nitrogens with one attached hydrogen (secondary N) is 1. The standard InChI is InChI=1S/C36H33F3N2O9/c37-35(38,39)21-46-27(43)16-15-22-11-13-23(14-12-22)20-41-30-32(44)47-26-19-34(30,33(45)40-17-18-42)31(50-41)29-28(26)48-36(49-29,24-7-3-1-4-8-24)25-9-5-2-6-10-25/h1-16,26,28-31,42H,17-21H2,(H,40,45)/t26-,28+,29+,30+,31-,34+/m1/s1. The number of carbonyl (C=O) groups is 3. The summed E-state index contributed by atoms with van der Waals surface area (Å²) in [6, 6.07) is 24.2. The number of carbonyl (C=O) groups excluding carboxylic acids is 3. The zero-order valence-electron chi connectivity index (χ0n) is 26.5. The maximum atomic E-state index is 14.1. The van der Waals surface area contributed by atoms with Crippen LogP contribution >= 0.6 is 0 Å². The number of amides is 1. The highest BCUT2D eigenvalue weighted by Crippen LogP contribution is 2.59. The normalized spacial score (nSPS) is 28.2. The molecule has 6 atom stereocenters. The van der Waals surface area contributed by atoms with E-state index in [0.29, 0.717) is 22.3 Å². The molecule has 4 fully saturated rings. The number of aliphatic hydroxyl groups excluding tert-OH is 1. The van der Waals surface area contributed by atoms with E-state index in [0.717, 1.165) is 6.08 Å². The molecule has 2 N–H and O–H groups in total. The molecule has 0 spiro atoms. The molecule has 0 radical (unpaired) electrons. The molecule has 3 aromatic carbocycles. The number of ether oxygens (including phenoxy) is 4. The minimum Gasteiger partial charge on any atom is -0.458 e. The van der Waals surface area contributed by atoms with Gasteiger partial charge in [-0.25, -0.2) is 4.79 Å². The summed E-state index contributed by atoms with van der Waals surface area (Å²) in [5.41, 5.74) is 1.11. The van der Waals surface area contributed by atoms with E-state index in [1.165, 1.54) is 11.1 Å². The third kappa shape index (κ3) is 6.07. The molecule has 7 rings (SSSR count). The van der Waals surface area contributed by atoms with Gasteiger partial charge in [0, 0.05) is 30.2 Å². The number of esters is 2. The number of benzene rings is 3. The number of hydroxylamine groups is 2. The van der Waals surface area contributed by atoms with Crippen molar-refractivity contribution in [2.45, 2.75) is 55.4 Å². The Hall–Kier alpha value is -4.60. The fourth-order valence-corrected chi connectivity index (χ4v) is 7.30. The van der Waals surface area contributed by atoms with E-state index in [9.17, 15) is 32.7 Å². The largest absolute Gasteiger partial charge is 0.458 e. The number of hydrogen-bond donors (Lipinski definition) is 2. The van der Waals surface area contributed by atoms with Crippen molar-refractivity contribution in [3.8, 4) is 0 Å². The van der Waals surface area contributed by atoms with Gasteiger partial charge in [-0.15, -0.1) is 0 Å². The Morgan fingerprint density at radius 3 is 2.22 bits per heavy atom. The van der Waals surface area contributed by atoms with E-state index in [4.69, 9.17) is 19.0 Å². The summed E-state index contributed by atoms with van der Waals surface area (Å²) in [6.45, 7) is -2.00. The summed E-state index contributed by atoms with van der Waals surface area (Å²) in [4.78, 5) is 46.2. The van der Waals surface area contributed by atoms with Crippen molar-refractivity contribution in [3.05, 3.63) is 113 Å². The van der Waals surface area contributed by atoms with E-state index >= 15 is 0 Å². The van der Waals surface area contributed by atoms with Crippen molar-refractivity contribution < 1.29 is 56.4 Å². The van der Waals surface area contributed by atoms with Crippen molar-refractivity contribution in [1.82, 2.24) is 10.4 Å². The van der Waals surface area contributed by atoms with Gasteiger partial charge in [-0.3, -0.25) is 14.4 Å². The van der Waals surface area contributed by atoms with Gasteiger partial charge in [0.05, 0.1) is 13.2 Å². The second-order valence-corrected chi connectivity index (χ2v) is 12.5. The lowest BCUT2D eigenvalue weighted by Crippen LogP contribution is -2.69. The topological polar surface area (TPSA) is 133 Å². The summed E-state index contributed by atoms with van der Waals surface area (Å²) in [6.07, 6.45) is -5.83. The van der Waals surface area contributed by atoms with Crippen LogP contribution in [0.3, 0.4) is 0 Å². The predicted molar refractivity (Wildman–Crippen MR) is 167 cm³/mol. The van der Waals surface area contributed by atoms with Gasteiger partial charge in [0.15, 0.2) is 12.6 Å². The summed E-state index contributed by atoms with van der Waals surface area (Å²) in [5.74, 6) is -3.70. The molecule has 50 heavy (non-hydrogen) atoms. The third-order valence-electron chi connectivity index (χ3n) is 9.39. The van der Waals surface area contributed by atoms with Gasteiger partial charge in [-0.05, 0) is 17.2 Å². The van der Waals surface area contributed by atoms with Gasteiger partial charge in [0.2, 0.25) is 11.7 Å². The molecule has 3 heterocycles. The van der Waals surface area contributed by atoms with Gasteiger partial charge in [-0.2, -0.15) is 18.2 Å². The smallest absolute Gasteiger partial charge is 0.422 e. The number of hydrogen-bond acceptors (Lipinski definition) is 10. The zero-order valence-corrected chi connectivity index (χ0v) is 26.5. The molecule has 3 saturated heterocycles. The van der Waals surface area contributed by atoms with Crippen LogP contribution in [-0.2, 0) is 50.5 Å². The average Bonchev–Trinajstić information content (AvgIpc) is 3.69. The summed E-state index contributed by atoms with van der Waals surface area (Å²) >= 11 is 0. The molecule has 2 bridgehead atoms. The second-order valence-electron chi connectivity index (χ2n) is 12.5. The van der Waals surface area contributed by atoms with Crippen LogP contribution in [0.15, 0.2) is 91.0 Å². The maximum absolute atomic E-state index is 14.1. The summed E-state index contributed by atoms with van der Waals surface area (Å²) < 4.78 is 60.9. The molecule has 14 heteroatoms. The Kier molecular flexibility index (Phi) is 8.99. The average molecular weight is 695 g/mol. The van der Waals surface area contributed by atoms with E-state index in [1.54, 1.807) is 24.3 Å². The second kappa shape index (κ2) is 13.3. The van der Waals surface area contributed by atoms with Gasteiger partial charge >= 0.3 is 18.1 Å². The number of aliphatic hydroxyl groups is 1. The molecular weight excluding hydrogens is 661 g/mol. The monoisotopic (exact) mass is 694 g/mol. The van der Waals surface area contributed by atoms with Crippen LogP contribution < -0.4 is 5.32 Å². The SMILES string of the molecule is O=C(C=Cc1ccc(CN2O[C@@H]3[C@H]4OC(c5ccccc5)(c5ccccc5)O[C@H]4[C@H]4C[C@]3(C(=O)NCCO)[C@@H]2C(=O)O4)cc1)OCC(F)(F)F. The minimum absolute atomic E-state index is 0.0361.